The predicted octanol–water partition coefficient (Wildman–Crippen LogP) is 9.79. The third-order valence-electron chi connectivity index (χ3n) is 5.71. The molecule has 0 heterocycles. The molecule has 0 aromatic heterocycles. The zero-order chi connectivity index (χ0) is 24.3. The molecule has 0 aliphatic rings. The number of benzene rings is 4. The first-order chi connectivity index (χ1) is 17.2. The van der Waals surface area contributed by atoms with Crippen molar-refractivity contribution in [1.82, 2.24) is 0 Å². The van der Waals surface area contributed by atoms with Crippen LogP contribution in [0.3, 0.4) is 0 Å². The molecule has 0 nitrogen and oxygen atoms in total. The molecule has 0 saturated heterocycles. The fourth-order valence-corrected chi connectivity index (χ4v) is 6.41. The van der Waals surface area contributed by atoms with Crippen LogP contribution in [0, 0.1) is 0 Å². The molecule has 4 rings (SSSR count). The second-order valence-electron chi connectivity index (χ2n) is 8.05. The molecule has 0 bridgehead atoms. The van der Waals surface area contributed by atoms with E-state index in [4.69, 9.17) is 0 Å². The summed E-state index contributed by atoms with van der Waals surface area (Å²) in [6, 6.07) is 34.9. The highest BCUT2D eigenvalue weighted by Gasteiger charge is 2.03. The first-order valence-electron chi connectivity index (χ1n) is 11.8. The van der Waals surface area contributed by atoms with E-state index in [0.29, 0.717) is 0 Å². The van der Waals surface area contributed by atoms with Gasteiger partial charge in [0.2, 0.25) is 0 Å². The molecule has 0 aliphatic heterocycles. The Morgan fingerprint density at radius 3 is 1.26 bits per heavy atom. The van der Waals surface area contributed by atoms with Gasteiger partial charge >= 0.3 is 0 Å². The maximum atomic E-state index is 3.92. The summed E-state index contributed by atoms with van der Waals surface area (Å²) >= 11 is 5.63. The Bertz CT molecular complexity index is 1140. The Kier molecular flexibility index (Phi) is 9.83. The molecule has 3 heteroatoms. The number of aryl methyl sites for hydroxylation is 2. The maximum absolute atomic E-state index is 3.92. The van der Waals surface area contributed by atoms with Crippen molar-refractivity contribution in [2.24, 2.45) is 0 Å². The third kappa shape index (κ3) is 7.70. The molecule has 4 aromatic carbocycles. The summed E-state index contributed by atoms with van der Waals surface area (Å²) in [4.78, 5) is 5.17. The Labute approximate surface area is 223 Å². The van der Waals surface area contributed by atoms with Crippen molar-refractivity contribution in [2.45, 2.75) is 32.4 Å². The normalized spacial score (nSPS) is 10.7. The quantitative estimate of drug-likeness (QED) is 0.174. The van der Waals surface area contributed by atoms with Crippen LogP contribution < -0.4 is 0 Å². The molecule has 0 N–H and O–H groups in total. The molecule has 0 spiro atoms. The van der Waals surface area contributed by atoms with Crippen molar-refractivity contribution < 1.29 is 0 Å². The van der Waals surface area contributed by atoms with Gasteiger partial charge in [-0.3, -0.25) is 0 Å². The van der Waals surface area contributed by atoms with Crippen molar-refractivity contribution in [3.05, 3.63) is 132 Å². The lowest BCUT2D eigenvalue weighted by Gasteiger charge is -2.08. The van der Waals surface area contributed by atoms with E-state index in [1.807, 2.05) is 47.4 Å². The van der Waals surface area contributed by atoms with Crippen LogP contribution in [0.15, 0.2) is 130 Å². The number of thioether (sulfide) groups is 2. The van der Waals surface area contributed by atoms with Gasteiger partial charge in [0.05, 0.1) is 0 Å². The van der Waals surface area contributed by atoms with E-state index < -0.39 is 0 Å². The van der Waals surface area contributed by atoms with Gasteiger partial charge in [-0.15, -0.1) is 23.5 Å². The molecule has 176 valence electrons. The van der Waals surface area contributed by atoms with Crippen LogP contribution in [-0.2, 0) is 12.8 Å². The van der Waals surface area contributed by atoms with Crippen LogP contribution in [0.2, 0.25) is 0 Å². The van der Waals surface area contributed by atoms with Gasteiger partial charge in [0.1, 0.15) is 0 Å². The summed E-state index contributed by atoms with van der Waals surface area (Å²) in [6.07, 6.45) is 5.99. The molecule has 0 saturated carbocycles. The molecule has 0 fully saturated rings. The van der Waals surface area contributed by atoms with E-state index in [-0.39, 0.29) is 0 Å². The van der Waals surface area contributed by atoms with Crippen molar-refractivity contribution >= 4 is 47.4 Å². The second-order valence-corrected chi connectivity index (χ2v) is 11.5. The SMILES string of the molecule is C=Cc1ccccc1CCSc1ccc(Sc2ccc(SCCc3ccccc3C=C)cc2)cc1. The molecule has 0 atom stereocenters. The summed E-state index contributed by atoms with van der Waals surface area (Å²) in [7, 11) is 0. The zero-order valence-corrected chi connectivity index (χ0v) is 22.3. The Balaban J connectivity index is 1.23. The highest BCUT2D eigenvalue weighted by Crippen LogP contribution is 2.31. The average molecular weight is 511 g/mol. The number of hydrogen-bond acceptors (Lipinski definition) is 3. The van der Waals surface area contributed by atoms with Crippen LogP contribution in [0.5, 0.6) is 0 Å². The van der Waals surface area contributed by atoms with Crippen LogP contribution >= 0.6 is 35.3 Å². The van der Waals surface area contributed by atoms with Crippen LogP contribution in [-0.4, -0.2) is 11.5 Å². The fraction of sp³-hybridized carbons (Fsp3) is 0.125. The van der Waals surface area contributed by atoms with Gasteiger partial charge in [-0.05, 0) is 83.6 Å². The molecule has 0 amide bonds. The zero-order valence-electron chi connectivity index (χ0n) is 19.9. The Morgan fingerprint density at radius 2 is 0.857 bits per heavy atom. The van der Waals surface area contributed by atoms with Gasteiger partial charge in [-0.1, -0.05) is 85.6 Å². The van der Waals surface area contributed by atoms with Crippen LogP contribution in [0.4, 0.5) is 0 Å². The van der Waals surface area contributed by atoms with E-state index in [9.17, 15) is 0 Å². The number of rotatable bonds is 12. The molecule has 0 radical (unpaired) electrons. The molecule has 4 aromatic rings. The van der Waals surface area contributed by atoms with Crippen LogP contribution in [0.1, 0.15) is 22.3 Å². The van der Waals surface area contributed by atoms with E-state index in [1.165, 1.54) is 41.8 Å². The molecule has 35 heavy (non-hydrogen) atoms. The summed E-state index contributed by atoms with van der Waals surface area (Å²) in [5.74, 6) is 2.13. The van der Waals surface area contributed by atoms with Crippen molar-refractivity contribution in [1.29, 1.82) is 0 Å². The highest BCUT2D eigenvalue weighted by atomic mass is 32.2. The van der Waals surface area contributed by atoms with Gasteiger partial charge < -0.3 is 0 Å². The van der Waals surface area contributed by atoms with Gasteiger partial charge in [0.25, 0.3) is 0 Å². The molecular formula is C32H30S3. The standard InChI is InChI=1S/C32H30S3/c1-3-25-9-5-7-11-27(25)21-23-33-29-13-17-31(18-14-29)35-32-19-15-30(16-20-32)34-24-22-28-12-8-6-10-26(28)4-2/h3-20H,1-2,21-24H2. The van der Waals surface area contributed by atoms with Gasteiger partial charge in [0.15, 0.2) is 0 Å². The predicted molar refractivity (Wildman–Crippen MR) is 159 cm³/mol. The first-order valence-corrected chi connectivity index (χ1v) is 14.6. The average Bonchev–Trinajstić information content (AvgIpc) is 2.91. The summed E-state index contributed by atoms with van der Waals surface area (Å²) in [5.41, 5.74) is 5.21. The molecular weight excluding hydrogens is 481 g/mol. The topological polar surface area (TPSA) is 0 Å². The van der Waals surface area contributed by atoms with E-state index in [2.05, 4.69) is 110 Å². The Morgan fingerprint density at radius 1 is 0.486 bits per heavy atom. The smallest absolute Gasteiger partial charge is 0.0123 e. The van der Waals surface area contributed by atoms with Crippen molar-refractivity contribution in [2.75, 3.05) is 11.5 Å². The molecule has 0 aliphatic carbocycles. The van der Waals surface area contributed by atoms with E-state index in [1.54, 1.807) is 0 Å². The van der Waals surface area contributed by atoms with Crippen molar-refractivity contribution in [3.63, 3.8) is 0 Å². The minimum absolute atomic E-state index is 1.05. The first kappa shape index (κ1) is 25.5. The Hall–Kier alpha value is -2.59. The van der Waals surface area contributed by atoms with Gasteiger partial charge in [-0.2, -0.15) is 0 Å². The lowest BCUT2D eigenvalue weighted by Crippen LogP contribution is -1.92. The molecule has 0 unspecified atom stereocenters. The highest BCUT2D eigenvalue weighted by molar-refractivity contribution is 8.00. The summed E-state index contributed by atoms with van der Waals surface area (Å²) in [5, 5.41) is 0. The number of hydrogen-bond donors (Lipinski definition) is 0. The summed E-state index contributed by atoms with van der Waals surface area (Å²) in [6.45, 7) is 7.85. The van der Waals surface area contributed by atoms with E-state index >= 15 is 0 Å². The van der Waals surface area contributed by atoms with E-state index in [0.717, 1.165) is 24.3 Å². The van der Waals surface area contributed by atoms with Gasteiger partial charge in [-0.25, -0.2) is 0 Å². The third-order valence-corrected chi connectivity index (χ3v) is 8.76. The summed E-state index contributed by atoms with van der Waals surface area (Å²) < 4.78 is 0. The maximum Gasteiger partial charge on any atom is 0.0123 e. The largest absolute Gasteiger partial charge is 0.126 e. The van der Waals surface area contributed by atoms with Crippen molar-refractivity contribution in [3.8, 4) is 0 Å². The second kappa shape index (κ2) is 13.5. The lowest BCUT2D eigenvalue weighted by atomic mass is 10.1. The lowest BCUT2D eigenvalue weighted by molar-refractivity contribution is 1.15. The fourth-order valence-electron chi connectivity index (χ4n) is 3.82. The monoisotopic (exact) mass is 510 g/mol. The minimum atomic E-state index is 1.05. The van der Waals surface area contributed by atoms with Gasteiger partial charge in [0, 0.05) is 31.1 Å². The van der Waals surface area contributed by atoms with Crippen LogP contribution in [0.25, 0.3) is 12.2 Å². The minimum Gasteiger partial charge on any atom is -0.126 e.